The quantitative estimate of drug-likeness (QED) is 0.875. The van der Waals surface area contributed by atoms with Crippen LogP contribution in [0.1, 0.15) is 36.3 Å². The van der Waals surface area contributed by atoms with Gasteiger partial charge < -0.3 is 19.5 Å². The number of carbonyl (C=O) groups is 2. The molecule has 1 unspecified atom stereocenters. The second-order valence-electron chi connectivity index (χ2n) is 5.56. The van der Waals surface area contributed by atoms with Gasteiger partial charge in [-0.05, 0) is 33.1 Å². The third kappa shape index (κ3) is 3.85. The van der Waals surface area contributed by atoms with Crippen molar-refractivity contribution in [2.24, 2.45) is 0 Å². The summed E-state index contributed by atoms with van der Waals surface area (Å²) < 4.78 is 10.3. The highest BCUT2D eigenvalue weighted by Crippen LogP contribution is 2.14. The van der Waals surface area contributed by atoms with Crippen LogP contribution in [0.3, 0.4) is 0 Å². The fraction of sp³-hybridized carbons (Fsp3) is 0.667. The maximum atomic E-state index is 12.2. The largest absolute Gasteiger partial charge is 0.372 e. The van der Waals surface area contributed by atoms with E-state index in [2.05, 4.69) is 10.5 Å². The number of carbonyl (C=O) groups excluding carboxylic acids is 2. The van der Waals surface area contributed by atoms with Gasteiger partial charge in [0.1, 0.15) is 11.9 Å². The average molecular weight is 309 g/mol. The molecule has 0 bridgehead atoms. The van der Waals surface area contributed by atoms with Crippen molar-refractivity contribution in [3.05, 3.63) is 17.0 Å². The maximum absolute atomic E-state index is 12.2. The fourth-order valence-electron chi connectivity index (χ4n) is 2.62. The SMILES string of the molecule is COC1CCCCN(CC(=O)NCc2c(C)noc2C)C1=O. The van der Waals surface area contributed by atoms with Crippen LogP contribution in [0, 0.1) is 13.8 Å². The summed E-state index contributed by atoms with van der Waals surface area (Å²) >= 11 is 0. The van der Waals surface area contributed by atoms with E-state index in [-0.39, 0.29) is 18.4 Å². The van der Waals surface area contributed by atoms with E-state index in [9.17, 15) is 9.59 Å². The molecule has 0 radical (unpaired) electrons. The van der Waals surface area contributed by atoms with Crippen LogP contribution < -0.4 is 5.32 Å². The van der Waals surface area contributed by atoms with Gasteiger partial charge in [-0.3, -0.25) is 9.59 Å². The molecule has 7 nitrogen and oxygen atoms in total. The normalized spacial score (nSPS) is 19.1. The van der Waals surface area contributed by atoms with Gasteiger partial charge in [-0.1, -0.05) is 5.16 Å². The molecule has 2 heterocycles. The first kappa shape index (κ1) is 16.5. The Morgan fingerprint density at radius 2 is 2.23 bits per heavy atom. The molecule has 0 spiro atoms. The van der Waals surface area contributed by atoms with Gasteiger partial charge in [0.15, 0.2) is 0 Å². The van der Waals surface area contributed by atoms with Crippen LogP contribution in [-0.2, 0) is 20.9 Å². The van der Waals surface area contributed by atoms with Gasteiger partial charge >= 0.3 is 0 Å². The molecular formula is C15H23N3O4. The highest BCUT2D eigenvalue weighted by Gasteiger charge is 2.28. The first-order chi connectivity index (χ1) is 10.5. The number of nitrogens with zero attached hydrogens (tertiary/aromatic N) is 2. The molecule has 0 saturated carbocycles. The molecule has 0 aromatic carbocycles. The number of methoxy groups -OCH3 is 1. The molecule has 2 rings (SSSR count). The van der Waals surface area contributed by atoms with E-state index in [1.807, 2.05) is 13.8 Å². The van der Waals surface area contributed by atoms with Gasteiger partial charge in [-0.2, -0.15) is 0 Å². The molecular weight excluding hydrogens is 286 g/mol. The number of amides is 2. The van der Waals surface area contributed by atoms with E-state index < -0.39 is 6.10 Å². The van der Waals surface area contributed by atoms with Gasteiger partial charge in [0.25, 0.3) is 5.91 Å². The smallest absolute Gasteiger partial charge is 0.252 e. The molecule has 1 atom stereocenters. The molecule has 2 amide bonds. The number of ether oxygens (including phenoxy) is 1. The third-order valence-electron chi connectivity index (χ3n) is 3.99. The van der Waals surface area contributed by atoms with Crippen molar-refractivity contribution in [1.29, 1.82) is 0 Å². The first-order valence-corrected chi connectivity index (χ1v) is 7.53. The molecule has 122 valence electrons. The van der Waals surface area contributed by atoms with Crippen LogP contribution in [0.15, 0.2) is 4.52 Å². The highest BCUT2D eigenvalue weighted by atomic mass is 16.5. The van der Waals surface area contributed by atoms with Crippen molar-refractivity contribution in [2.75, 3.05) is 20.2 Å². The standard InChI is InChI=1S/C15H23N3O4/c1-10-12(11(2)22-17-10)8-16-14(19)9-18-7-5-4-6-13(21-3)15(18)20/h13H,4-9H2,1-3H3,(H,16,19). The molecule has 1 fully saturated rings. The Kier molecular flexibility index (Phi) is 5.54. The molecule has 1 aromatic heterocycles. The van der Waals surface area contributed by atoms with E-state index in [0.717, 1.165) is 24.1 Å². The summed E-state index contributed by atoms with van der Waals surface area (Å²) in [7, 11) is 1.53. The van der Waals surface area contributed by atoms with Crippen molar-refractivity contribution in [3.8, 4) is 0 Å². The minimum Gasteiger partial charge on any atom is -0.372 e. The number of hydrogen-bond acceptors (Lipinski definition) is 5. The summed E-state index contributed by atoms with van der Waals surface area (Å²) in [5.74, 6) is 0.403. The maximum Gasteiger partial charge on any atom is 0.252 e. The van der Waals surface area contributed by atoms with Crippen LogP contribution in [-0.4, -0.2) is 48.2 Å². The van der Waals surface area contributed by atoms with Crippen LogP contribution >= 0.6 is 0 Å². The minimum absolute atomic E-state index is 0.0576. The number of rotatable bonds is 5. The molecule has 1 aliphatic heterocycles. The Hall–Kier alpha value is -1.89. The first-order valence-electron chi connectivity index (χ1n) is 7.53. The Morgan fingerprint density at radius 3 is 2.86 bits per heavy atom. The van der Waals surface area contributed by atoms with Gasteiger partial charge in [0.05, 0.1) is 12.2 Å². The van der Waals surface area contributed by atoms with E-state index >= 15 is 0 Å². The lowest BCUT2D eigenvalue weighted by atomic mass is 10.2. The molecule has 0 aliphatic carbocycles. The van der Waals surface area contributed by atoms with E-state index in [0.29, 0.717) is 25.3 Å². The Labute approximate surface area is 130 Å². The number of aryl methyl sites for hydroxylation is 2. The van der Waals surface area contributed by atoms with Crippen molar-refractivity contribution in [3.63, 3.8) is 0 Å². The summed E-state index contributed by atoms with van der Waals surface area (Å²) in [5, 5.41) is 6.66. The lowest BCUT2D eigenvalue weighted by Crippen LogP contribution is -2.44. The van der Waals surface area contributed by atoms with E-state index in [4.69, 9.17) is 9.26 Å². The van der Waals surface area contributed by atoms with Crippen molar-refractivity contribution < 1.29 is 18.8 Å². The summed E-state index contributed by atoms with van der Waals surface area (Å²) in [6.45, 7) is 4.65. The predicted octanol–water partition coefficient (Wildman–Crippen LogP) is 0.935. The number of aromatic nitrogens is 1. The van der Waals surface area contributed by atoms with Crippen LogP contribution in [0.5, 0.6) is 0 Å². The molecule has 1 N–H and O–H groups in total. The molecule has 1 saturated heterocycles. The van der Waals surface area contributed by atoms with Gasteiger partial charge in [0.2, 0.25) is 5.91 Å². The second-order valence-corrected chi connectivity index (χ2v) is 5.56. The van der Waals surface area contributed by atoms with Crippen molar-refractivity contribution in [1.82, 2.24) is 15.4 Å². The van der Waals surface area contributed by atoms with Gasteiger partial charge in [0, 0.05) is 25.8 Å². The van der Waals surface area contributed by atoms with Gasteiger partial charge in [-0.15, -0.1) is 0 Å². The Morgan fingerprint density at radius 1 is 1.45 bits per heavy atom. The zero-order valence-electron chi connectivity index (χ0n) is 13.3. The van der Waals surface area contributed by atoms with Gasteiger partial charge in [-0.25, -0.2) is 0 Å². The molecule has 22 heavy (non-hydrogen) atoms. The minimum atomic E-state index is -0.433. The summed E-state index contributed by atoms with van der Waals surface area (Å²) in [6.07, 6.45) is 2.11. The lowest BCUT2D eigenvalue weighted by Gasteiger charge is -2.23. The van der Waals surface area contributed by atoms with E-state index in [1.165, 1.54) is 7.11 Å². The van der Waals surface area contributed by atoms with Crippen molar-refractivity contribution >= 4 is 11.8 Å². The monoisotopic (exact) mass is 309 g/mol. The predicted molar refractivity (Wildman–Crippen MR) is 79.1 cm³/mol. The summed E-state index contributed by atoms with van der Waals surface area (Å²) in [6, 6.07) is 0. The number of nitrogens with one attached hydrogen (secondary N) is 1. The summed E-state index contributed by atoms with van der Waals surface area (Å²) in [5.41, 5.74) is 1.65. The van der Waals surface area contributed by atoms with Crippen LogP contribution in [0.25, 0.3) is 0 Å². The average Bonchev–Trinajstić information content (AvgIpc) is 2.71. The topological polar surface area (TPSA) is 84.7 Å². The molecule has 1 aliphatic rings. The Bertz CT molecular complexity index is 521. The van der Waals surface area contributed by atoms with Crippen LogP contribution in [0.4, 0.5) is 0 Å². The Balaban J connectivity index is 1.89. The number of likely N-dealkylation sites (tertiary alicyclic amines) is 1. The highest BCUT2D eigenvalue weighted by molar-refractivity contribution is 5.87. The molecule has 7 heteroatoms. The third-order valence-corrected chi connectivity index (χ3v) is 3.99. The summed E-state index contributed by atoms with van der Waals surface area (Å²) in [4.78, 5) is 25.9. The number of hydrogen-bond donors (Lipinski definition) is 1. The second kappa shape index (κ2) is 7.40. The van der Waals surface area contributed by atoms with Crippen LogP contribution in [0.2, 0.25) is 0 Å². The molecule has 1 aromatic rings. The van der Waals surface area contributed by atoms with E-state index in [1.54, 1.807) is 4.90 Å². The van der Waals surface area contributed by atoms with Crippen molar-refractivity contribution in [2.45, 2.75) is 45.8 Å². The fourth-order valence-corrected chi connectivity index (χ4v) is 2.62. The zero-order chi connectivity index (χ0) is 16.1. The lowest BCUT2D eigenvalue weighted by molar-refractivity contribution is -0.144. The zero-order valence-corrected chi connectivity index (χ0v) is 13.3.